The average molecular weight is 356 g/mol. The number of rotatable bonds is 9. The molecule has 3 nitrogen and oxygen atoms in total. The van der Waals surface area contributed by atoms with Crippen molar-refractivity contribution in [1.29, 1.82) is 0 Å². The van der Waals surface area contributed by atoms with Crippen LogP contribution in [0.2, 0.25) is 0 Å². The van der Waals surface area contributed by atoms with E-state index >= 15 is 0 Å². The summed E-state index contributed by atoms with van der Waals surface area (Å²) in [4.78, 5) is 12.2. The minimum Gasteiger partial charge on any atom is -0.494 e. The summed E-state index contributed by atoms with van der Waals surface area (Å²) in [5.74, 6) is 1.22. The summed E-state index contributed by atoms with van der Waals surface area (Å²) in [5, 5.41) is 3.98. The Balaban J connectivity index is 2.57. The Morgan fingerprint density at radius 2 is 1.95 bits per heavy atom. The molecule has 0 saturated heterocycles. The summed E-state index contributed by atoms with van der Waals surface area (Å²) in [6.07, 6.45) is 3.09. The van der Waals surface area contributed by atoms with Crippen LogP contribution < -0.4 is 10.1 Å². The first-order valence-corrected chi connectivity index (χ1v) is 8.80. The lowest BCUT2D eigenvalue weighted by Gasteiger charge is -2.21. The maximum atomic E-state index is 12.2. The van der Waals surface area contributed by atoms with Gasteiger partial charge in [-0.2, -0.15) is 0 Å². The number of hydrogen-bond donors (Lipinski definition) is 1. The number of carbonyl (C=O) groups is 1. The summed E-state index contributed by atoms with van der Waals surface area (Å²) in [5.41, 5.74) is 0.679. The van der Waals surface area contributed by atoms with Crippen LogP contribution in [-0.4, -0.2) is 23.9 Å². The normalized spacial score (nSPS) is 12.2. The second kappa shape index (κ2) is 9.82. The maximum Gasteiger partial charge on any atom is 0.251 e. The topological polar surface area (TPSA) is 38.3 Å². The lowest BCUT2D eigenvalue weighted by atomic mass is 10.0. The number of hydrogen-bond acceptors (Lipinski definition) is 2. The fourth-order valence-electron chi connectivity index (χ4n) is 1.98. The van der Waals surface area contributed by atoms with Crippen molar-refractivity contribution >= 4 is 21.8 Å². The monoisotopic (exact) mass is 355 g/mol. The van der Waals surface area contributed by atoms with Gasteiger partial charge < -0.3 is 10.1 Å². The van der Waals surface area contributed by atoms with Crippen molar-refractivity contribution in [3.05, 3.63) is 29.8 Å². The van der Waals surface area contributed by atoms with Crippen molar-refractivity contribution in [1.82, 2.24) is 5.32 Å². The Labute approximate surface area is 136 Å². The van der Waals surface area contributed by atoms with Crippen molar-refractivity contribution in [2.75, 3.05) is 11.9 Å². The first-order valence-electron chi connectivity index (χ1n) is 7.68. The molecule has 21 heavy (non-hydrogen) atoms. The highest BCUT2D eigenvalue weighted by atomic mass is 79.9. The van der Waals surface area contributed by atoms with Gasteiger partial charge in [0.15, 0.2) is 0 Å². The predicted octanol–water partition coefficient (Wildman–Crippen LogP) is 4.40. The Morgan fingerprint density at radius 1 is 1.29 bits per heavy atom. The number of alkyl halides is 1. The standard InChI is InChI=1S/C17H26BrNO2/c1-4-5-12-21-15-8-6-14(7-9-15)17(20)19-16(10-11-18)13(2)3/h6-9,13,16H,4-5,10-12H2,1-3H3,(H,19,20). The number of halogens is 1. The van der Waals surface area contributed by atoms with Crippen LogP contribution in [0.1, 0.15) is 50.4 Å². The summed E-state index contributed by atoms with van der Waals surface area (Å²) in [6, 6.07) is 7.56. The minimum absolute atomic E-state index is 0.0187. The van der Waals surface area contributed by atoms with Crippen LogP contribution in [0, 0.1) is 5.92 Å². The van der Waals surface area contributed by atoms with Gasteiger partial charge in [0.2, 0.25) is 0 Å². The van der Waals surface area contributed by atoms with E-state index in [1.54, 1.807) is 0 Å². The number of nitrogens with one attached hydrogen (secondary N) is 1. The van der Waals surface area contributed by atoms with Gasteiger partial charge in [-0.3, -0.25) is 4.79 Å². The van der Waals surface area contributed by atoms with Crippen LogP contribution in [-0.2, 0) is 0 Å². The van der Waals surface area contributed by atoms with E-state index in [1.165, 1.54) is 0 Å². The molecule has 1 aromatic rings. The summed E-state index contributed by atoms with van der Waals surface area (Å²) in [6.45, 7) is 7.11. The fourth-order valence-corrected chi connectivity index (χ4v) is 2.47. The van der Waals surface area contributed by atoms with Gasteiger partial charge >= 0.3 is 0 Å². The molecule has 1 atom stereocenters. The van der Waals surface area contributed by atoms with Gasteiger partial charge in [0, 0.05) is 16.9 Å². The van der Waals surface area contributed by atoms with Gasteiger partial charge in [0.25, 0.3) is 5.91 Å². The molecule has 0 radical (unpaired) electrons. The van der Waals surface area contributed by atoms with E-state index in [-0.39, 0.29) is 11.9 Å². The summed E-state index contributed by atoms with van der Waals surface area (Å²) < 4.78 is 5.60. The Morgan fingerprint density at radius 3 is 2.48 bits per heavy atom. The molecule has 1 unspecified atom stereocenters. The molecule has 0 spiro atoms. The minimum atomic E-state index is -0.0187. The van der Waals surface area contributed by atoms with Gasteiger partial charge in [0.05, 0.1) is 6.61 Å². The highest BCUT2D eigenvalue weighted by Crippen LogP contribution is 2.14. The third-order valence-corrected chi connectivity index (χ3v) is 3.88. The molecule has 4 heteroatoms. The SMILES string of the molecule is CCCCOc1ccc(C(=O)NC(CCBr)C(C)C)cc1. The van der Waals surface area contributed by atoms with Crippen molar-refractivity contribution in [2.45, 2.75) is 46.1 Å². The molecule has 0 aromatic heterocycles. The predicted molar refractivity (Wildman–Crippen MR) is 91.3 cm³/mol. The van der Waals surface area contributed by atoms with E-state index in [0.29, 0.717) is 11.5 Å². The van der Waals surface area contributed by atoms with Gasteiger partial charge in [-0.25, -0.2) is 0 Å². The van der Waals surface area contributed by atoms with Crippen molar-refractivity contribution in [3.63, 3.8) is 0 Å². The second-order valence-electron chi connectivity index (χ2n) is 5.53. The molecule has 0 aliphatic carbocycles. The molecule has 0 heterocycles. The molecule has 1 N–H and O–H groups in total. The molecule has 0 saturated carbocycles. The van der Waals surface area contributed by atoms with Gasteiger partial charge in [-0.15, -0.1) is 0 Å². The van der Waals surface area contributed by atoms with E-state index < -0.39 is 0 Å². The second-order valence-corrected chi connectivity index (χ2v) is 6.32. The van der Waals surface area contributed by atoms with Crippen LogP contribution in [0.25, 0.3) is 0 Å². The van der Waals surface area contributed by atoms with E-state index in [1.807, 2.05) is 24.3 Å². The molecular formula is C17H26BrNO2. The molecule has 0 bridgehead atoms. The third kappa shape index (κ3) is 6.51. The lowest BCUT2D eigenvalue weighted by Crippen LogP contribution is -2.38. The molecule has 0 aliphatic rings. The van der Waals surface area contributed by atoms with Crippen LogP contribution in [0.4, 0.5) is 0 Å². The molecule has 1 aromatic carbocycles. The van der Waals surface area contributed by atoms with Gasteiger partial charge in [0.1, 0.15) is 5.75 Å². The Kier molecular flexibility index (Phi) is 8.43. The quantitative estimate of drug-likeness (QED) is 0.526. The first-order chi connectivity index (χ1) is 10.1. The highest BCUT2D eigenvalue weighted by molar-refractivity contribution is 9.09. The first kappa shape index (κ1) is 18.0. The zero-order valence-corrected chi connectivity index (χ0v) is 14.8. The van der Waals surface area contributed by atoms with E-state index in [2.05, 4.69) is 42.0 Å². The van der Waals surface area contributed by atoms with Crippen molar-refractivity contribution in [3.8, 4) is 5.75 Å². The molecule has 1 rings (SSSR count). The molecule has 0 aliphatic heterocycles. The largest absolute Gasteiger partial charge is 0.494 e. The van der Waals surface area contributed by atoms with E-state index in [4.69, 9.17) is 4.74 Å². The van der Waals surface area contributed by atoms with Crippen molar-refractivity contribution in [2.24, 2.45) is 5.92 Å². The molecule has 118 valence electrons. The molecular weight excluding hydrogens is 330 g/mol. The Bertz CT molecular complexity index is 417. The number of amides is 1. The molecule has 0 fully saturated rings. The van der Waals surface area contributed by atoms with Crippen molar-refractivity contribution < 1.29 is 9.53 Å². The number of benzene rings is 1. The third-order valence-electron chi connectivity index (χ3n) is 3.42. The van der Waals surface area contributed by atoms with Crippen LogP contribution in [0.5, 0.6) is 5.75 Å². The average Bonchev–Trinajstić information content (AvgIpc) is 2.47. The lowest BCUT2D eigenvalue weighted by molar-refractivity contribution is 0.0925. The van der Waals surface area contributed by atoms with E-state index in [0.717, 1.165) is 36.9 Å². The number of unbranched alkanes of at least 4 members (excludes halogenated alkanes) is 1. The smallest absolute Gasteiger partial charge is 0.251 e. The summed E-state index contributed by atoms with van der Waals surface area (Å²) >= 11 is 3.44. The molecule has 1 amide bonds. The van der Waals surface area contributed by atoms with Gasteiger partial charge in [-0.1, -0.05) is 43.1 Å². The number of carbonyl (C=O) groups excluding carboxylic acids is 1. The zero-order chi connectivity index (χ0) is 15.7. The van der Waals surface area contributed by atoms with E-state index in [9.17, 15) is 4.79 Å². The zero-order valence-electron chi connectivity index (χ0n) is 13.2. The highest BCUT2D eigenvalue weighted by Gasteiger charge is 2.16. The maximum absolute atomic E-state index is 12.2. The fraction of sp³-hybridized carbons (Fsp3) is 0.588. The van der Waals surface area contributed by atoms with Crippen LogP contribution >= 0.6 is 15.9 Å². The Hall–Kier alpha value is -1.03. The number of ether oxygens (including phenoxy) is 1. The van der Waals surface area contributed by atoms with Gasteiger partial charge in [-0.05, 0) is 43.0 Å². The summed E-state index contributed by atoms with van der Waals surface area (Å²) in [7, 11) is 0. The van der Waals surface area contributed by atoms with Crippen LogP contribution in [0.15, 0.2) is 24.3 Å². The van der Waals surface area contributed by atoms with Crippen LogP contribution in [0.3, 0.4) is 0 Å².